The molecule has 1 aromatic carbocycles. The van der Waals surface area contributed by atoms with Crippen LogP contribution in [-0.4, -0.2) is 21.2 Å². The summed E-state index contributed by atoms with van der Waals surface area (Å²) >= 11 is 1.48. The van der Waals surface area contributed by atoms with E-state index in [9.17, 15) is 4.79 Å². The quantitative estimate of drug-likeness (QED) is 0.544. The first-order chi connectivity index (χ1) is 9.78. The van der Waals surface area contributed by atoms with Crippen molar-refractivity contribution in [3.8, 4) is 0 Å². The second-order valence-electron chi connectivity index (χ2n) is 4.31. The maximum Gasteiger partial charge on any atom is 0.151 e. The van der Waals surface area contributed by atoms with E-state index in [1.807, 2.05) is 37.3 Å². The first-order valence-electron chi connectivity index (χ1n) is 6.07. The molecule has 0 fully saturated rings. The Labute approximate surface area is 120 Å². The fourth-order valence-electron chi connectivity index (χ4n) is 1.91. The van der Waals surface area contributed by atoms with Crippen LogP contribution in [0.1, 0.15) is 15.9 Å². The number of aromatic nitrogens is 3. The summed E-state index contributed by atoms with van der Waals surface area (Å²) in [6, 6.07) is 9.69. The van der Waals surface area contributed by atoms with Gasteiger partial charge in [-0.15, -0.1) is 0 Å². The Morgan fingerprint density at radius 2 is 1.95 bits per heavy atom. The van der Waals surface area contributed by atoms with Gasteiger partial charge in [0.2, 0.25) is 0 Å². The van der Waals surface area contributed by atoms with Crippen molar-refractivity contribution in [1.29, 1.82) is 0 Å². The number of carbonyl (C=O) groups excluding carboxylic acids is 1. The number of hydrogen-bond acceptors (Lipinski definition) is 5. The van der Waals surface area contributed by atoms with E-state index in [2.05, 4.69) is 15.0 Å². The molecule has 4 nitrogen and oxygen atoms in total. The summed E-state index contributed by atoms with van der Waals surface area (Å²) in [7, 11) is 0. The van der Waals surface area contributed by atoms with Crippen molar-refractivity contribution >= 4 is 29.0 Å². The molecule has 0 atom stereocenters. The third-order valence-electron chi connectivity index (χ3n) is 2.89. The smallest absolute Gasteiger partial charge is 0.151 e. The maximum absolute atomic E-state index is 10.7. The van der Waals surface area contributed by atoms with Crippen molar-refractivity contribution < 1.29 is 4.79 Å². The number of aryl methyl sites for hydroxylation is 1. The number of hydrogen-bond donors (Lipinski definition) is 0. The molecule has 0 amide bonds. The molecule has 98 valence electrons. The summed E-state index contributed by atoms with van der Waals surface area (Å²) in [6.45, 7) is 1.94. The Bertz CT molecular complexity index is 784. The zero-order chi connectivity index (χ0) is 13.9. The maximum atomic E-state index is 10.7. The van der Waals surface area contributed by atoms with E-state index in [1.165, 1.54) is 11.8 Å². The van der Waals surface area contributed by atoms with Gasteiger partial charge in [0.25, 0.3) is 0 Å². The molecule has 0 saturated heterocycles. The lowest BCUT2D eigenvalue weighted by Gasteiger charge is -2.06. The van der Waals surface area contributed by atoms with Crippen molar-refractivity contribution in [2.75, 3.05) is 0 Å². The lowest BCUT2D eigenvalue weighted by atomic mass is 10.2. The van der Waals surface area contributed by atoms with Gasteiger partial charge < -0.3 is 0 Å². The minimum Gasteiger partial charge on any atom is -0.298 e. The van der Waals surface area contributed by atoms with Gasteiger partial charge >= 0.3 is 0 Å². The Morgan fingerprint density at radius 1 is 1.10 bits per heavy atom. The van der Waals surface area contributed by atoms with Crippen molar-refractivity contribution in [3.63, 3.8) is 0 Å². The molecular weight excluding hydrogens is 270 g/mol. The van der Waals surface area contributed by atoms with Crippen LogP contribution in [0.4, 0.5) is 0 Å². The molecule has 3 rings (SSSR count). The third-order valence-corrected chi connectivity index (χ3v) is 4.03. The fraction of sp³-hybridized carbons (Fsp3) is 0.0667. The Kier molecular flexibility index (Phi) is 3.43. The molecule has 5 heteroatoms. The molecule has 3 aromatic rings. The summed E-state index contributed by atoms with van der Waals surface area (Å²) in [6.07, 6.45) is 3.93. The summed E-state index contributed by atoms with van der Waals surface area (Å²) in [5, 5.41) is 2.71. The van der Waals surface area contributed by atoms with Gasteiger partial charge in [0.05, 0.1) is 5.52 Å². The summed E-state index contributed by atoms with van der Waals surface area (Å²) < 4.78 is 0. The van der Waals surface area contributed by atoms with E-state index in [0.717, 1.165) is 32.8 Å². The van der Waals surface area contributed by atoms with E-state index in [-0.39, 0.29) is 0 Å². The average molecular weight is 281 g/mol. The molecule has 2 heterocycles. The van der Waals surface area contributed by atoms with E-state index in [0.29, 0.717) is 5.56 Å². The highest BCUT2D eigenvalue weighted by Gasteiger charge is 2.08. The minimum absolute atomic E-state index is 0.583. The van der Waals surface area contributed by atoms with E-state index in [4.69, 9.17) is 0 Å². The van der Waals surface area contributed by atoms with E-state index >= 15 is 0 Å². The second-order valence-corrected chi connectivity index (χ2v) is 5.28. The molecule has 0 aliphatic rings. The highest BCUT2D eigenvalue weighted by Crippen LogP contribution is 2.31. The number of carbonyl (C=O) groups is 1. The molecule has 0 aliphatic heterocycles. The summed E-state index contributed by atoms with van der Waals surface area (Å²) in [4.78, 5) is 23.6. The summed E-state index contributed by atoms with van der Waals surface area (Å²) in [5.41, 5.74) is 2.45. The SMILES string of the molecule is Cc1cc(C=O)cnc1Sc1ncnc2ccccc12. The number of fused-ring (bicyclic) bond motifs is 1. The van der Waals surface area contributed by atoms with Crippen LogP contribution < -0.4 is 0 Å². The van der Waals surface area contributed by atoms with Gasteiger partial charge in [-0.2, -0.15) is 0 Å². The molecule has 0 saturated carbocycles. The number of para-hydroxylation sites is 1. The molecule has 0 N–H and O–H groups in total. The van der Waals surface area contributed by atoms with Gasteiger partial charge in [-0.3, -0.25) is 4.79 Å². The average Bonchev–Trinajstić information content (AvgIpc) is 2.49. The number of aldehydes is 1. The zero-order valence-electron chi connectivity index (χ0n) is 10.8. The molecular formula is C15H11N3OS. The van der Waals surface area contributed by atoms with Gasteiger partial charge in [-0.1, -0.05) is 18.2 Å². The molecule has 2 aromatic heterocycles. The number of rotatable bonds is 3. The first kappa shape index (κ1) is 12.7. The van der Waals surface area contributed by atoms with Crippen LogP contribution in [0.5, 0.6) is 0 Å². The van der Waals surface area contributed by atoms with Crippen LogP contribution in [0.15, 0.2) is 52.9 Å². The Balaban J connectivity index is 2.03. The predicted molar refractivity (Wildman–Crippen MR) is 78.0 cm³/mol. The van der Waals surface area contributed by atoms with Crippen LogP contribution in [0.2, 0.25) is 0 Å². The van der Waals surface area contributed by atoms with Gasteiger partial charge in [-0.25, -0.2) is 15.0 Å². The van der Waals surface area contributed by atoms with E-state index in [1.54, 1.807) is 12.5 Å². The molecule has 20 heavy (non-hydrogen) atoms. The van der Waals surface area contributed by atoms with Crippen LogP contribution in [0, 0.1) is 6.92 Å². The van der Waals surface area contributed by atoms with Gasteiger partial charge in [-0.05, 0) is 36.4 Å². The third kappa shape index (κ3) is 2.40. The fourth-order valence-corrected chi connectivity index (χ4v) is 2.80. The summed E-state index contributed by atoms with van der Waals surface area (Å²) in [5.74, 6) is 0. The van der Waals surface area contributed by atoms with Crippen molar-refractivity contribution in [2.45, 2.75) is 17.0 Å². The van der Waals surface area contributed by atoms with E-state index < -0.39 is 0 Å². The van der Waals surface area contributed by atoms with Crippen LogP contribution >= 0.6 is 11.8 Å². The lowest BCUT2D eigenvalue weighted by Crippen LogP contribution is -1.92. The number of pyridine rings is 1. The zero-order valence-corrected chi connectivity index (χ0v) is 11.6. The monoisotopic (exact) mass is 281 g/mol. The Morgan fingerprint density at radius 3 is 2.75 bits per heavy atom. The number of benzene rings is 1. The van der Waals surface area contributed by atoms with Crippen LogP contribution in [-0.2, 0) is 0 Å². The predicted octanol–water partition coefficient (Wildman–Crippen LogP) is 3.30. The van der Waals surface area contributed by atoms with Crippen LogP contribution in [0.25, 0.3) is 10.9 Å². The molecule has 0 bridgehead atoms. The van der Waals surface area contributed by atoms with Crippen molar-refractivity contribution in [2.24, 2.45) is 0 Å². The standard InChI is InChI=1S/C15H11N3OS/c1-10-6-11(8-19)7-16-14(10)20-15-12-4-2-3-5-13(12)17-9-18-15/h2-9H,1H3. The Hall–Kier alpha value is -2.27. The highest BCUT2D eigenvalue weighted by atomic mass is 32.2. The van der Waals surface area contributed by atoms with Gasteiger partial charge in [0, 0.05) is 17.1 Å². The topological polar surface area (TPSA) is 55.7 Å². The van der Waals surface area contributed by atoms with Gasteiger partial charge in [0.15, 0.2) is 6.29 Å². The minimum atomic E-state index is 0.583. The number of nitrogens with zero attached hydrogens (tertiary/aromatic N) is 3. The van der Waals surface area contributed by atoms with Gasteiger partial charge in [0.1, 0.15) is 16.4 Å². The highest BCUT2D eigenvalue weighted by molar-refractivity contribution is 7.99. The van der Waals surface area contributed by atoms with Crippen molar-refractivity contribution in [1.82, 2.24) is 15.0 Å². The molecule has 0 unspecified atom stereocenters. The largest absolute Gasteiger partial charge is 0.298 e. The molecule has 0 spiro atoms. The first-order valence-corrected chi connectivity index (χ1v) is 6.89. The normalized spacial score (nSPS) is 10.7. The lowest BCUT2D eigenvalue weighted by molar-refractivity contribution is 0.112. The second kappa shape index (κ2) is 5.38. The molecule has 0 radical (unpaired) electrons. The van der Waals surface area contributed by atoms with Crippen molar-refractivity contribution in [3.05, 3.63) is 54.0 Å². The molecule has 0 aliphatic carbocycles. The van der Waals surface area contributed by atoms with Crippen LogP contribution in [0.3, 0.4) is 0 Å².